The number of hydrogen-bond acceptors (Lipinski definition) is 2. The number of hydrogen-bond donors (Lipinski definition) is 2. The minimum Gasteiger partial charge on any atom is -0.392 e. The van der Waals surface area contributed by atoms with Gasteiger partial charge in [0.2, 0.25) is 5.91 Å². The number of carbonyl (C=O) groups excluding carboxylic acids is 1. The van der Waals surface area contributed by atoms with Crippen LogP contribution in [0.2, 0.25) is 0 Å². The van der Waals surface area contributed by atoms with Crippen molar-refractivity contribution in [1.29, 1.82) is 0 Å². The quantitative estimate of drug-likeness (QED) is 0.553. The third kappa shape index (κ3) is 2.94. The van der Waals surface area contributed by atoms with Gasteiger partial charge in [0.1, 0.15) is 0 Å². The highest BCUT2D eigenvalue weighted by molar-refractivity contribution is 7.80. The van der Waals surface area contributed by atoms with Gasteiger partial charge in [0.25, 0.3) is 0 Å². The zero-order chi connectivity index (χ0) is 12.2. The van der Waals surface area contributed by atoms with E-state index >= 15 is 0 Å². The monoisotopic (exact) mass is 242 g/mol. The highest BCUT2D eigenvalue weighted by atomic mass is 32.1. The highest BCUT2D eigenvalue weighted by Gasteiger charge is 2.46. The Bertz CT molecular complexity index is 272. The molecule has 0 heterocycles. The van der Waals surface area contributed by atoms with E-state index in [-0.39, 0.29) is 5.91 Å². The maximum absolute atomic E-state index is 12.0. The summed E-state index contributed by atoms with van der Waals surface area (Å²) in [4.78, 5) is 12.3. The third-order valence-electron chi connectivity index (χ3n) is 3.36. The van der Waals surface area contributed by atoms with Gasteiger partial charge in [-0.2, -0.15) is 0 Å². The first kappa shape index (κ1) is 13.4. The Labute approximate surface area is 103 Å². The Kier molecular flexibility index (Phi) is 4.71. The van der Waals surface area contributed by atoms with Gasteiger partial charge in [-0.1, -0.05) is 32.5 Å². The van der Waals surface area contributed by atoms with E-state index in [1.807, 2.05) is 0 Å². The van der Waals surface area contributed by atoms with E-state index in [0.29, 0.717) is 10.9 Å². The van der Waals surface area contributed by atoms with Crippen LogP contribution in [0.3, 0.4) is 0 Å². The first-order valence-electron chi connectivity index (χ1n) is 6.07. The first-order valence-corrected chi connectivity index (χ1v) is 6.48. The molecule has 3 nitrogen and oxygen atoms in total. The van der Waals surface area contributed by atoms with E-state index in [1.54, 1.807) is 0 Å². The van der Waals surface area contributed by atoms with E-state index in [2.05, 4.69) is 19.2 Å². The van der Waals surface area contributed by atoms with Crippen molar-refractivity contribution >= 4 is 23.1 Å². The van der Waals surface area contributed by atoms with Crippen molar-refractivity contribution in [3.63, 3.8) is 0 Å². The van der Waals surface area contributed by atoms with Crippen LogP contribution in [-0.2, 0) is 4.79 Å². The average Bonchev–Trinajstić information content (AvgIpc) is 2.09. The fraction of sp³-hybridized carbons (Fsp3) is 0.833. The van der Waals surface area contributed by atoms with Gasteiger partial charge in [-0.05, 0) is 31.6 Å². The lowest BCUT2D eigenvalue weighted by molar-refractivity contribution is -0.130. The van der Waals surface area contributed by atoms with Crippen LogP contribution in [0.4, 0.5) is 0 Å². The fourth-order valence-corrected chi connectivity index (χ4v) is 2.29. The molecule has 0 aromatic heterocycles. The number of carbonyl (C=O) groups is 1. The molecule has 0 radical (unpaired) electrons. The molecular weight excluding hydrogens is 220 g/mol. The van der Waals surface area contributed by atoms with Crippen LogP contribution in [-0.4, -0.2) is 17.4 Å². The van der Waals surface area contributed by atoms with Crippen LogP contribution < -0.4 is 11.1 Å². The summed E-state index contributed by atoms with van der Waals surface area (Å²) in [7, 11) is 0. The van der Waals surface area contributed by atoms with Crippen molar-refractivity contribution in [3.05, 3.63) is 0 Å². The molecule has 0 aromatic carbocycles. The maximum Gasteiger partial charge on any atom is 0.233 e. The number of nitrogens with one attached hydrogen (secondary N) is 1. The molecule has 3 N–H and O–H groups in total. The first-order chi connectivity index (χ1) is 7.49. The second-order valence-corrected chi connectivity index (χ2v) is 5.53. The van der Waals surface area contributed by atoms with Crippen molar-refractivity contribution in [2.24, 2.45) is 17.1 Å². The van der Waals surface area contributed by atoms with Gasteiger partial charge >= 0.3 is 0 Å². The summed E-state index contributed by atoms with van der Waals surface area (Å²) in [5, 5.41) is 2.96. The zero-order valence-electron chi connectivity index (χ0n) is 10.2. The van der Waals surface area contributed by atoms with Crippen LogP contribution in [0.25, 0.3) is 0 Å². The number of nitrogens with two attached hydrogens (primary N) is 1. The van der Waals surface area contributed by atoms with Crippen molar-refractivity contribution in [3.8, 4) is 0 Å². The third-order valence-corrected chi connectivity index (χ3v) is 3.75. The molecule has 0 unspecified atom stereocenters. The molecule has 0 saturated heterocycles. The molecule has 1 fully saturated rings. The molecule has 0 aliphatic heterocycles. The topological polar surface area (TPSA) is 55.1 Å². The molecule has 16 heavy (non-hydrogen) atoms. The van der Waals surface area contributed by atoms with Crippen LogP contribution >= 0.6 is 12.2 Å². The van der Waals surface area contributed by atoms with Crippen molar-refractivity contribution in [2.75, 3.05) is 6.54 Å². The normalized spacial score (nSPS) is 17.9. The number of amides is 1. The summed E-state index contributed by atoms with van der Waals surface area (Å²) in [5.41, 5.74) is 5.14. The Morgan fingerprint density at radius 1 is 1.50 bits per heavy atom. The van der Waals surface area contributed by atoms with Gasteiger partial charge in [-0.15, -0.1) is 0 Å². The predicted molar refractivity (Wildman–Crippen MR) is 70.2 cm³/mol. The molecule has 1 saturated carbocycles. The van der Waals surface area contributed by atoms with Crippen LogP contribution in [0, 0.1) is 11.3 Å². The minimum atomic E-state index is -0.521. The summed E-state index contributed by atoms with van der Waals surface area (Å²) in [6, 6.07) is 0. The second-order valence-electron chi connectivity index (χ2n) is 5.09. The minimum absolute atomic E-state index is 0.0370. The molecule has 0 bridgehead atoms. The van der Waals surface area contributed by atoms with Crippen molar-refractivity contribution in [2.45, 2.75) is 46.0 Å². The second kappa shape index (κ2) is 5.62. The van der Waals surface area contributed by atoms with Crippen LogP contribution in [0.15, 0.2) is 0 Å². The van der Waals surface area contributed by atoms with Gasteiger partial charge < -0.3 is 11.1 Å². The van der Waals surface area contributed by atoms with Gasteiger partial charge in [-0.25, -0.2) is 0 Å². The lowest BCUT2D eigenvalue weighted by Gasteiger charge is -2.39. The van der Waals surface area contributed by atoms with Gasteiger partial charge in [0.05, 0.1) is 10.4 Å². The lowest BCUT2D eigenvalue weighted by Crippen LogP contribution is -2.53. The Balaban J connectivity index is 2.31. The zero-order valence-corrected chi connectivity index (χ0v) is 11.0. The van der Waals surface area contributed by atoms with Crippen LogP contribution in [0.1, 0.15) is 46.0 Å². The SMILES string of the molecule is CC(C)CCCNC(=O)C1(C(N)=S)CCC1. The smallest absolute Gasteiger partial charge is 0.233 e. The molecule has 1 aliphatic rings. The molecule has 4 heteroatoms. The summed E-state index contributed by atoms with van der Waals surface area (Å²) < 4.78 is 0. The fourth-order valence-electron chi connectivity index (χ4n) is 2.00. The lowest BCUT2D eigenvalue weighted by atomic mass is 9.68. The summed E-state index contributed by atoms with van der Waals surface area (Å²) >= 11 is 4.99. The molecule has 1 aliphatic carbocycles. The van der Waals surface area contributed by atoms with Gasteiger partial charge in [0.15, 0.2) is 0 Å². The Morgan fingerprint density at radius 2 is 2.12 bits per heavy atom. The average molecular weight is 242 g/mol. The standard InChI is InChI=1S/C12H22N2OS/c1-9(2)5-3-8-14-11(15)12(10(13)16)6-4-7-12/h9H,3-8H2,1-2H3,(H2,13,16)(H,14,15). The highest BCUT2D eigenvalue weighted by Crippen LogP contribution is 2.41. The molecular formula is C12H22N2OS. The number of rotatable bonds is 6. The van der Waals surface area contributed by atoms with Crippen molar-refractivity contribution in [1.82, 2.24) is 5.32 Å². The molecule has 1 rings (SSSR count). The molecule has 0 aromatic rings. The van der Waals surface area contributed by atoms with Gasteiger partial charge in [0, 0.05) is 6.54 Å². The molecule has 0 spiro atoms. The van der Waals surface area contributed by atoms with E-state index in [9.17, 15) is 4.79 Å². The van der Waals surface area contributed by atoms with E-state index in [1.165, 1.54) is 0 Å². The Hall–Kier alpha value is -0.640. The number of thiocarbonyl (C=S) groups is 1. The molecule has 92 valence electrons. The van der Waals surface area contributed by atoms with Gasteiger partial charge in [-0.3, -0.25) is 4.79 Å². The van der Waals surface area contributed by atoms with E-state index in [0.717, 1.165) is 38.6 Å². The van der Waals surface area contributed by atoms with Crippen molar-refractivity contribution < 1.29 is 4.79 Å². The molecule has 1 amide bonds. The summed E-state index contributed by atoms with van der Waals surface area (Å²) in [6.07, 6.45) is 4.85. The van der Waals surface area contributed by atoms with E-state index < -0.39 is 5.41 Å². The molecule has 0 atom stereocenters. The summed E-state index contributed by atoms with van der Waals surface area (Å²) in [5.74, 6) is 0.722. The van der Waals surface area contributed by atoms with E-state index in [4.69, 9.17) is 18.0 Å². The van der Waals surface area contributed by atoms with Crippen LogP contribution in [0.5, 0.6) is 0 Å². The Morgan fingerprint density at radius 3 is 2.50 bits per heavy atom. The predicted octanol–water partition coefficient (Wildman–Crippen LogP) is 2.00. The maximum atomic E-state index is 12.0. The largest absolute Gasteiger partial charge is 0.392 e. The summed E-state index contributed by atoms with van der Waals surface area (Å²) in [6.45, 7) is 5.11.